The summed E-state index contributed by atoms with van der Waals surface area (Å²) in [5, 5.41) is 13.1. The van der Waals surface area contributed by atoms with Gasteiger partial charge in [0.15, 0.2) is 5.69 Å². The number of hydrogen-bond donors (Lipinski definition) is 1. The minimum atomic E-state index is -0.945. The van der Waals surface area contributed by atoms with Crippen LogP contribution in [-0.4, -0.2) is 38.8 Å². The van der Waals surface area contributed by atoms with Gasteiger partial charge in [0.25, 0.3) is 0 Å². The van der Waals surface area contributed by atoms with Crippen molar-refractivity contribution in [1.82, 2.24) is 14.7 Å². The summed E-state index contributed by atoms with van der Waals surface area (Å²) in [4.78, 5) is 13.3. The van der Waals surface area contributed by atoms with E-state index in [0.717, 1.165) is 31.9 Å². The van der Waals surface area contributed by atoms with Crippen LogP contribution in [0.1, 0.15) is 48.8 Å². The van der Waals surface area contributed by atoms with Crippen LogP contribution >= 0.6 is 0 Å². The van der Waals surface area contributed by atoms with Gasteiger partial charge >= 0.3 is 5.97 Å². The fourth-order valence-corrected chi connectivity index (χ4v) is 2.48. The van der Waals surface area contributed by atoms with Gasteiger partial charge in [-0.05, 0) is 38.9 Å². The predicted molar refractivity (Wildman–Crippen MR) is 68.6 cm³/mol. The zero-order valence-electron chi connectivity index (χ0n) is 10.9. The molecule has 0 bridgehead atoms. The second-order valence-corrected chi connectivity index (χ2v) is 4.83. The molecule has 2 rings (SSSR count). The molecule has 18 heavy (non-hydrogen) atoms. The molecule has 1 saturated heterocycles. The Morgan fingerprint density at radius 3 is 2.56 bits per heavy atom. The fraction of sp³-hybridized carbons (Fsp3) is 0.692. The van der Waals surface area contributed by atoms with Crippen LogP contribution in [0.5, 0.6) is 0 Å². The number of carbonyl (C=O) groups is 1. The minimum absolute atomic E-state index is 0.154. The number of aryl methyl sites for hydroxylation is 1. The highest BCUT2D eigenvalue weighted by Crippen LogP contribution is 2.14. The lowest BCUT2D eigenvalue weighted by atomic mass is 10.2. The average Bonchev–Trinajstić information content (AvgIpc) is 2.58. The van der Waals surface area contributed by atoms with Gasteiger partial charge in [0.1, 0.15) is 0 Å². The quantitative estimate of drug-likeness (QED) is 0.889. The summed E-state index contributed by atoms with van der Waals surface area (Å²) in [5.74, 6) is -0.945. The summed E-state index contributed by atoms with van der Waals surface area (Å²) < 4.78 is 1.80. The van der Waals surface area contributed by atoms with E-state index in [1.807, 2.05) is 6.92 Å². The lowest BCUT2D eigenvalue weighted by molar-refractivity contribution is 0.0689. The third-order valence-corrected chi connectivity index (χ3v) is 3.47. The zero-order valence-corrected chi connectivity index (χ0v) is 10.9. The average molecular weight is 251 g/mol. The number of aromatic nitrogens is 2. The first-order valence-electron chi connectivity index (χ1n) is 6.73. The molecule has 1 fully saturated rings. The first-order chi connectivity index (χ1) is 8.70. The Bertz CT molecular complexity index is 406. The van der Waals surface area contributed by atoms with Crippen LogP contribution < -0.4 is 0 Å². The highest BCUT2D eigenvalue weighted by atomic mass is 16.4. The van der Waals surface area contributed by atoms with E-state index in [4.69, 9.17) is 5.11 Å². The SMILES string of the molecule is CCn1nc(C(=O)O)cc1CN1CCCCCC1. The second-order valence-electron chi connectivity index (χ2n) is 4.83. The van der Waals surface area contributed by atoms with Crippen molar-refractivity contribution in [2.75, 3.05) is 13.1 Å². The van der Waals surface area contributed by atoms with Crippen LogP contribution in [0, 0.1) is 0 Å². The topological polar surface area (TPSA) is 58.4 Å². The van der Waals surface area contributed by atoms with Crippen LogP contribution in [-0.2, 0) is 13.1 Å². The van der Waals surface area contributed by atoms with Gasteiger partial charge in [-0.15, -0.1) is 0 Å². The van der Waals surface area contributed by atoms with Gasteiger partial charge in [0.2, 0.25) is 0 Å². The lowest BCUT2D eigenvalue weighted by Gasteiger charge is -2.19. The van der Waals surface area contributed by atoms with E-state index in [1.54, 1.807) is 10.7 Å². The van der Waals surface area contributed by atoms with Crippen LogP contribution in [0.25, 0.3) is 0 Å². The van der Waals surface area contributed by atoms with E-state index in [-0.39, 0.29) is 5.69 Å². The molecule has 5 heteroatoms. The highest BCUT2D eigenvalue weighted by molar-refractivity contribution is 5.85. The number of carboxylic acid groups (broad SMARTS) is 1. The summed E-state index contributed by atoms with van der Waals surface area (Å²) in [7, 11) is 0. The number of nitrogens with zero attached hydrogens (tertiary/aromatic N) is 3. The molecule has 0 amide bonds. The van der Waals surface area contributed by atoms with E-state index in [9.17, 15) is 4.79 Å². The largest absolute Gasteiger partial charge is 0.476 e. The van der Waals surface area contributed by atoms with Gasteiger partial charge in [0.05, 0.1) is 5.69 Å². The third kappa shape index (κ3) is 3.10. The molecule has 0 aromatic carbocycles. The normalized spacial score (nSPS) is 17.6. The first-order valence-corrected chi connectivity index (χ1v) is 6.73. The minimum Gasteiger partial charge on any atom is -0.476 e. The van der Waals surface area contributed by atoms with Gasteiger partial charge in [-0.2, -0.15) is 5.10 Å². The Morgan fingerprint density at radius 2 is 2.00 bits per heavy atom. The predicted octanol–water partition coefficient (Wildman–Crippen LogP) is 1.98. The molecule has 0 spiro atoms. The molecular weight excluding hydrogens is 230 g/mol. The van der Waals surface area contributed by atoms with Crippen molar-refractivity contribution in [1.29, 1.82) is 0 Å². The summed E-state index contributed by atoms with van der Waals surface area (Å²) in [6, 6.07) is 1.71. The molecule has 1 aliphatic heterocycles. The maximum absolute atomic E-state index is 10.9. The summed E-state index contributed by atoms with van der Waals surface area (Å²) >= 11 is 0. The van der Waals surface area contributed by atoms with Crippen molar-refractivity contribution >= 4 is 5.97 Å². The van der Waals surface area contributed by atoms with Crippen LogP contribution in [0.15, 0.2) is 6.07 Å². The molecular formula is C13H21N3O2. The highest BCUT2D eigenvalue weighted by Gasteiger charge is 2.16. The van der Waals surface area contributed by atoms with Crippen LogP contribution in [0.2, 0.25) is 0 Å². The molecule has 100 valence electrons. The first kappa shape index (κ1) is 13.1. The molecule has 0 aliphatic carbocycles. The molecule has 0 saturated carbocycles. The van der Waals surface area contributed by atoms with E-state index in [1.165, 1.54) is 25.7 Å². The van der Waals surface area contributed by atoms with Gasteiger partial charge < -0.3 is 5.11 Å². The molecule has 0 atom stereocenters. The number of aromatic carboxylic acids is 1. The molecule has 1 N–H and O–H groups in total. The van der Waals surface area contributed by atoms with E-state index in [0.29, 0.717) is 0 Å². The molecule has 0 unspecified atom stereocenters. The zero-order chi connectivity index (χ0) is 13.0. The number of hydrogen-bond acceptors (Lipinski definition) is 3. The van der Waals surface area contributed by atoms with E-state index >= 15 is 0 Å². The van der Waals surface area contributed by atoms with Crippen molar-refractivity contribution < 1.29 is 9.90 Å². The molecule has 2 heterocycles. The number of rotatable bonds is 4. The van der Waals surface area contributed by atoms with Crippen molar-refractivity contribution in [3.8, 4) is 0 Å². The summed E-state index contributed by atoms with van der Waals surface area (Å²) in [6.45, 7) is 5.74. The van der Waals surface area contributed by atoms with Crippen molar-refractivity contribution in [3.63, 3.8) is 0 Å². The van der Waals surface area contributed by atoms with Crippen LogP contribution in [0.4, 0.5) is 0 Å². The molecule has 1 aliphatic rings. The molecule has 0 radical (unpaired) electrons. The monoisotopic (exact) mass is 251 g/mol. The fourth-order valence-electron chi connectivity index (χ4n) is 2.48. The maximum Gasteiger partial charge on any atom is 0.356 e. The van der Waals surface area contributed by atoms with Crippen LogP contribution in [0.3, 0.4) is 0 Å². The molecule has 5 nitrogen and oxygen atoms in total. The van der Waals surface area contributed by atoms with Gasteiger partial charge in [0, 0.05) is 13.1 Å². The molecule has 1 aromatic rings. The number of carboxylic acids is 1. The second kappa shape index (κ2) is 6.00. The Balaban J connectivity index is 2.09. The van der Waals surface area contributed by atoms with Crippen molar-refractivity contribution in [2.24, 2.45) is 0 Å². The van der Waals surface area contributed by atoms with Crippen molar-refractivity contribution in [3.05, 3.63) is 17.5 Å². The van der Waals surface area contributed by atoms with E-state index < -0.39 is 5.97 Å². The van der Waals surface area contributed by atoms with E-state index in [2.05, 4.69) is 10.00 Å². The Morgan fingerprint density at radius 1 is 1.33 bits per heavy atom. The Kier molecular flexibility index (Phi) is 4.36. The van der Waals surface area contributed by atoms with Crippen molar-refractivity contribution in [2.45, 2.75) is 45.7 Å². The number of likely N-dealkylation sites (tertiary alicyclic amines) is 1. The third-order valence-electron chi connectivity index (χ3n) is 3.47. The summed E-state index contributed by atoms with van der Waals surface area (Å²) in [5.41, 5.74) is 1.17. The van der Waals surface area contributed by atoms with Gasteiger partial charge in [-0.3, -0.25) is 9.58 Å². The Hall–Kier alpha value is -1.36. The summed E-state index contributed by atoms with van der Waals surface area (Å²) in [6.07, 6.45) is 5.10. The van der Waals surface area contributed by atoms with Gasteiger partial charge in [-0.25, -0.2) is 4.79 Å². The lowest BCUT2D eigenvalue weighted by Crippen LogP contribution is -2.25. The Labute approximate surface area is 107 Å². The van der Waals surface area contributed by atoms with Gasteiger partial charge in [-0.1, -0.05) is 12.8 Å². The maximum atomic E-state index is 10.9. The molecule has 1 aromatic heterocycles. The standard InChI is InChI=1S/C13H21N3O2/c1-2-16-11(9-12(14-16)13(17)18)10-15-7-5-3-4-6-8-15/h9H,2-8,10H2,1H3,(H,17,18). The smallest absolute Gasteiger partial charge is 0.356 e.